The third-order valence-corrected chi connectivity index (χ3v) is 8.12. The Morgan fingerprint density at radius 2 is 1.27 bits per heavy atom. The summed E-state index contributed by atoms with van der Waals surface area (Å²) in [5.41, 5.74) is 2.84. The Kier molecular flexibility index (Phi) is 11.0. The van der Waals surface area contributed by atoms with E-state index in [1.54, 1.807) is 18.2 Å². The lowest BCUT2D eigenvalue weighted by Gasteiger charge is -2.13. The highest BCUT2D eigenvalue weighted by molar-refractivity contribution is 7.99. The van der Waals surface area contributed by atoms with Crippen molar-refractivity contribution in [3.8, 4) is 16.9 Å². The van der Waals surface area contributed by atoms with Crippen molar-refractivity contribution in [3.63, 3.8) is 0 Å². The van der Waals surface area contributed by atoms with Gasteiger partial charge in [-0.15, -0.1) is 0 Å². The maximum Gasteiger partial charge on any atom is 0.673 e. The second-order valence-corrected chi connectivity index (χ2v) is 11.4. The van der Waals surface area contributed by atoms with E-state index in [4.69, 9.17) is 4.74 Å². The summed E-state index contributed by atoms with van der Waals surface area (Å²) in [6.07, 6.45) is 0. The van der Waals surface area contributed by atoms with E-state index < -0.39 is 30.5 Å². The Morgan fingerprint density at radius 1 is 0.622 bits per heavy atom. The molecule has 0 aromatic heterocycles. The highest BCUT2D eigenvalue weighted by Crippen LogP contribution is 2.41. The van der Waals surface area contributed by atoms with Crippen molar-refractivity contribution in [1.82, 2.24) is 0 Å². The molecular formula is C32H21BF8O2S2. The molecule has 5 aromatic carbocycles. The Balaban J connectivity index is 0.000000854. The maximum atomic E-state index is 14.4. The average Bonchev–Trinajstić information content (AvgIpc) is 3.02. The molecule has 0 fully saturated rings. The van der Waals surface area contributed by atoms with Crippen LogP contribution in [0.1, 0.15) is 11.1 Å². The average molecular weight is 664 g/mol. The van der Waals surface area contributed by atoms with Gasteiger partial charge in [0.05, 0.1) is 23.1 Å². The molecule has 0 amide bonds. The smallest absolute Gasteiger partial charge is 0.497 e. The lowest BCUT2D eigenvalue weighted by molar-refractivity contribution is 0.368. The minimum atomic E-state index is -6.00. The van der Waals surface area contributed by atoms with Gasteiger partial charge in [0.25, 0.3) is 0 Å². The predicted molar refractivity (Wildman–Crippen MR) is 161 cm³/mol. The summed E-state index contributed by atoms with van der Waals surface area (Å²) in [5.74, 6) is -5.87. The van der Waals surface area contributed by atoms with Gasteiger partial charge >= 0.3 is 13.0 Å². The molecule has 0 heterocycles. The first-order valence-corrected chi connectivity index (χ1v) is 14.5. The van der Waals surface area contributed by atoms with Crippen molar-refractivity contribution in [3.05, 3.63) is 138 Å². The lowest BCUT2D eigenvalue weighted by atomic mass is 10.0. The molecule has 5 rings (SSSR count). The number of hydrogen-bond acceptors (Lipinski definition) is 3. The zero-order valence-corrected chi connectivity index (χ0v) is 24.7. The van der Waals surface area contributed by atoms with Crippen molar-refractivity contribution < 1.29 is 44.4 Å². The maximum absolute atomic E-state index is 14.4. The molecule has 0 bridgehead atoms. The first-order chi connectivity index (χ1) is 21.3. The first kappa shape index (κ1) is 33.7. The molecule has 13 heteroatoms. The van der Waals surface area contributed by atoms with Gasteiger partial charge in [-0.05, 0) is 77.9 Å². The number of benzene rings is 5. The number of hydrogen-bond donors (Lipinski definition) is 0. The van der Waals surface area contributed by atoms with Gasteiger partial charge in [0.2, 0.25) is 0 Å². The van der Waals surface area contributed by atoms with E-state index in [0.717, 1.165) is 32.7 Å². The Hall–Kier alpha value is -4.23. The summed E-state index contributed by atoms with van der Waals surface area (Å²) in [6.45, 7) is 0. The van der Waals surface area contributed by atoms with Crippen molar-refractivity contribution in [2.75, 3.05) is 7.11 Å². The molecular weight excluding hydrogens is 643 g/mol. The van der Waals surface area contributed by atoms with Gasteiger partial charge in [-0.25, -0.2) is 17.6 Å². The molecule has 0 aliphatic rings. The molecule has 0 aliphatic carbocycles. The van der Waals surface area contributed by atoms with E-state index in [2.05, 4.69) is 0 Å². The van der Waals surface area contributed by atoms with Crippen molar-refractivity contribution >= 4 is 36.6 Å². The fourth-order valence-electron chi connectivity index (χ4n) is 4.00. The number of rotatable bonds is 8. The van der Waals surface area contributed by atoms with Crippen LogP contribution < -0.4 is 4.74 Å². The van der Waals surface area contributed by atoms with Crippen LogP contribution in [0.15, 0.2) is 123 Å². The highest BCUT2D eigenvalue weighted by atomic mass is 32.2. The monoisotopic (exact) mass is 664 g/mol. The van der Waals surface area contributed by atoms with Gasteiger partial charge in [0.15, 0.2) is 23.3 Å². The van der Waals surface area contributed by atoms with Gasteiger partial charge in [-0.1, -0.05) is 59.9 Å². The van der Waals surface area contributed by atoms with E-state index in [1.807, 2.05) is 78.9 Å². The van der Waals surface area contributed by atoms with Gasteiger partial charge in [-0.2, -0.15) is 0 Å². The van der Waals surface area contributed by atoms with Crippen molar-refractivity contribution in [2.45, 2.75) is 19.6 Å². The summed E-state index contributed by atoms with van der Waals surface area (Å²) in [4.78, 5) is 12.7. The summed E-state index contributed by atoms with van der Waals surface area (Å²) in [5, 5.41) is 0. The Morgan fingerprint density at radius 3 is 1.91 bits per heavy atom. The van der Waals surface area contributed by atoms with Crippen LogP contribution in [0.2, 0.25) is 0 Å². The zero-order valence-electron chi connectivity index (χ0n) is 23.1. The summed E-state index contributed by atoms with van der Waals surface area (Å²) >= 11 is 2.31. The molecule has 0 unspecified atom stereocenters. The van der Waals surface area contributed by atoms with E-state index in [-0.39, 0.29) is 10.7 Å². The van der Waals surface area contributed by atoms with Crippen LogP contribution in [0.5, 0.6) is 5.75 Å². The second-order valence-electron chi connectivity index (χ2n) is 9.13. The van der Waals surface area contributed by atoms with Gasteiger partial charge in [0, 0.05) is 14.7 Å². The van der Waals surface area contributed by atoms with Gasteiger partial charge < -0.3 is 22.0 Å². The largest absolute Gasteiger partial charge is 0.673 e. The number of methoxy groups -OCH3 is 1. The standard InChI is InChI=1S/C32H20F4O2S2.BF4/c1-38-22-12-15-27(40-28-18-26(33)29(34)31(36)30(28)35)25(17-22)19-10-13-23(14-11-19)39-24-9-5-8-21(16-24)32(37)20-6-3-2-4-7-20;2-1(3,4)5/h2-18H,1H3;/q;-1/p+1. The third-order valence-electron chi connectivity index (χ3n) is 6.03. The first-order valence-electron chi connectivity index (χ1n) is 12.9. The molecule has 0 saturated heterocycles. The Bertz CT molecular complexity index is 1790. The number of halogens is 8. The quantitative estimate of drug-likeness (QED) is 0.0413. The van der Waals surface area contributed by atoms with Gasteiger partial charge in [-0.3, -0.25) is 4.79 Å². The fourth-order valence-corrected chi connectivity index (χ4v) is 5.88. The van der Waals surface area contributed by atoms with Crippen molar-refractivity contribution in [2.24, 2.45) is 0 Å². The minimum absolute atomic E-state index is 0.193. The Labute approximate surface area is 261 Å². The van der Waals surface area contributed by atoms with Crippen LogP contribution in [0.3, 0.4) is 0 Å². The van der Waals surface area contributed by atoms with Crippen LogP contribution in [-0.4, -0.2) is 24.9 Å². The third kappa shape index (κ3) is 9.15. The van der Waals surface area contributed by atoms with Gasteiger partial charge in [0.1, 0.15) is 5.75 Å². The van der Waals surface area contributed by atoms with E-state index in [1.165, 1.54) is 18.9 Å². The number of ketones is 1. The molecule has 0 spiro atoms. The molecule has 0 atom stereocenters. The van der Waals surface area contributed by atoms with Crippen LogP contribution >= 0.6 is 23.5 Å². The van der Waals surface area contributed by atoms with E-state index >= 15 is 0 Å². The van der Waals surface area contributed by atoms with E-state index in [9.17, 15) is 39.6 Å². The zero-order chi connectivity index (χ0) is 32.7. The fraction of sp³-hybridized carbons (Fsp3) is 0.0312. The molecule has 1 N–H and O–H groups in total. The molecule has 0 radical (unpaired) electrons. The molecule has 2 nitrogen and oxygen atoms in total. The topological polar surface area (TPSA) is 30.6 Å². The van der Waals surface area contributed by atoms with Crippen LogP contribution in [0.4, 0.5) is 34.8 Å². The summed E-state index contributed by atoms with van der Waals surface area (Å²) < 4.78 is 99.8. The minimum Gasteiger partial charge on any atom is -0.497 e. The van der Waals surface area contributed by atoms with Crippen LogP contribution in [0, 0.1) is 23.3 Å². The summed E-state index contributed by atoms with van der Waals surface area (Å²) in [6, 6.07) is 30.2. The normalized spacial score (nSPS) is 11.0. The number of carbonyl (C=O) groups excluding carboxylic acids is 1. The summed E-state index contributed by atoms with van der Waals surface area (Å²) in [7, 11) is -4.49. The van der Waals surface area contributed by atoms with E-state index in [0.29, 0.717) is 27.8 Å². The highest BCUT2D eigenvalue weighted by Gasteiger charge is 2.22. The molecule has 45 heavy (non-hydrogen) atoms. The second kappa shape index (κ2) is 14.7. The van der Waals surface area contributed by atoms with Crippen LogP contribution in [-0.2, 0) is 0 Å². The molecule has 5 aromatic rings. The molecule has 0 saturated carbocycles. The van der Waals surface area contributed by atoms with Crippen LogP contribution in [0.25, 0.3) is 11.1 Å². The lowest BCUT2D eigenvalue weighted by Crippen LogP contribution is -2.02. The molecule has 0 aliphatic heterocycles. The van der Waals surface area contributed by atoms with Crippen molar-refractivity contribution in [1.29, 1.82) is 0 Å². The predicted octanol–water partition coefficient (Wildman–Crippen LogP) is 10.5. The SMILES string of the molecule is COc1ccc(Sc2cc(F)c(F)c(F)c2F)c(-c2ccc(Sc3cccc(C(=[OH+])c4ccccc4)c3)cc2)c1.F[B-](F)(F)F. The molecule has 232 valence electrons. The number of ether oxygens (including phenoxy) is 1.